The first kappa shape index (κ1) is 34.2. The normalized spacial score (nSPS) is 10.6. The van der Waals surface area contributed by atoms with Crippen LogP contribution in [0.25, 0.3) is 0 Å². The zero-order valence-corrected chi connectivity index (χ0v) is 24.5. The molecule has 3 heteroatoms. The lowest BCUT2D eigenvalue weighted by Gasteiger charge is -2.22. The molecule has 2 rings (SSSR count). The molecule has 0 fully saturated rings. The molecule has 0 aromatic heterocycles. The number of hydrogen-bond donors (Lipinski definition) is 1. The zero-order chi connectivity index (χ0) is 26.5. The molecule has 0 bridgehead atoms. The maximum Gasteiger partial charge on any atom is 0.122 e. The molecule has 1 N–H and O–H groups in total. The van der Waals surface area contributed by atoms with E-state index in [2.05, 4.69) is 69.4 Å². The van der Waals surface area contributed by atoms with Gasteiger partial charge in [0.05, 0.1) is 14.2 Å². The van der Waals surface area contributed by atoms with Gasteiger partial charge in [-0.3, -0.25) is 0 Å². The Labute approximate surface area is 212 Å². The van der Waals surface area contributed by atoms with Crippen LogP contribution in [0.2, 0.25) is 0 Å². The monoisotopic (exact) mass is 473 g/mol. The molecule has 0 heterocycles. The standard InChI is InChI=1S/C25H37NO2.3C2H6/c1-18(2)23(22-12-10-20(4)25(17-22)28-6)8-7-14-26-15-13-21-11-9-19(3)24(16-21)27-5;3*1-2/h9-12,16-18,23,26H,7-8,13-15H2,1-6H3;3*1-2H3. The molecule has 196 valence electrons. The Balaban J connectivity index is 0. The van der Waals surface area contributed by atoms with Gasteiger partial charge in [-0.05, 0) is 92.4 Å². The molecule has 2 aromatic carbocycles. The van der Waals surface area contributed by atoms with E-state index in [1.165, 1.54) is 35.1 Å². The fourth-order valence-corrected chi connectivity index (χ4v) is 3.78. The molecule has 0 radical (unpaired) electrons. The van der Waals surface area contributed by atoms with Crippen molar-refractivity contribution in [3.05, 3.63) is 58.7 Å². The minimum absolute atomic E-state index is 0.567. The maximum absolute atomic E-state index is 5.52. The number of benzene rings is 2. The number of hydrogen-bond acceptors (Lipinski definition) is 3. The highest BCUT2D eigenvalue weighted by Gasteiger charge is 2.16. The van der Waals surface area contributed by atoms with E-state index in [-0.39, 0.29) is 0 Å². The minimum Gasteiger partial charge on any atom is -0.496 e. The molecule has 0 saturated heterocycles. The van der Waals surface area contributed by atoms with Crippen molar-refractivity contribution in [1.29, 1.82) is 0 Å². The van der Waals surface area contributed by atoms with Crippen LogP contribution in [-0.2, 0) is 6.42 Å². The highest BCUT2D eigenvalue weighted by molar-refractivity contribution is 5.38. The van der Waals surface area contributed by atoms with E-state index in [0.717, 1.165) is 31.0 Å². The molecule has 1 unspecified atom stereocenters. The molecule has 3 nitrogen and oxygen atoms in total. The Hall–Kier alpha value is -2.00. The van der Waals surface area contributed by atoms with Crippen LogP contribution in [0.1, 0.15) is 96.4 Å². The van der Waals surface area contributed by atoms with Gasteiger partial charge in [-0.15, -0.1) is 0 Å². The molecule has 0 aliphatic carbocycles. The van der Waals surface area contributed by atoms with Crippen molar-refractivity contribution in [2.45, 2.75) is 94.4 Å². The summed E-state index contributed by atoms with van der Waals surface area (Å²) in [4.78, 5) is 0. The second-order valence-corrected chi connectivity index (χ2v) is 8.03. The van der Waals surface area contributed by atoms with Crippen molar-refractivity contribution in [3.8, 4) is 11.5 Å². The summed E-state index contributed by atoms with van der Waals surface area (Å²) in [6.07, 6.45) is 3.39. The Morgan fingerprint density at radius 1 is 0.735 bits per heavy atom. The lowest BCUT2D eigenvalue weighted by molar-refractivity contribution is 0.406. The summed E-state index contributed by atoms with van der Waals surface area (Å²) < 4.78 is 10.9. The van der Waals surface area contributed by atoms with Crippen molar-refractivity contribution in [2.24, 2.45) is 5.92 Å². The van der Waals surface area contributed by atoms with Crippen LogP contribution in [0.4, 0.5) is 0 Å². The Morgan fingerprint density at radius 2 is 1.26 bits per heavy atom. The largest absolute Gasteiger partial charge is 0.496 e. The molecule has 0 aliphatic rings. The first-order valence-electron chi connectivity index (χ1n) is 13.4. The van der Waals surface area contributed by atoms with Gasteiger partial charge in [0.1, 0.15) is 11.5 Å². The zero-order valence-electron chi connectivity index (χ0n) is 24.5. The number of aryl methyl sites for hydroxylation is 2. The van der Waals surface area contributed by atoms with Crippen LogP contribution < -0.4 is 14.8 Å². The third kappa shape index (κ3) is 12.5. The number of methoxy groups -OCH3 is 2. The predicted octanol–water partition coefficient (Wildman–Crippen LogP) is 8.75. The number of ether oxygens (including phenoxy) is 2. The molecule has 0 saturated carbocycles. The summed E-state index contributed by atoms with van der Waals surface area (Å²) in [5.74, 6) is 3.16. The van der Waals surface area contributed by atoms with E-state index in [1.807, 2.05) is 41.5 Å². The molecule has 34 heavy (non-hydrogen) atoms. The van der Waals surface area contributed by atoms with E-state index in [0.29, 0.717) is 11.8 Å². The molecule has 2 aromatic rings. The molecule has 1 atom stereocenters. The van der Waals surface area contributed by atoms with Gasteiger partial charge in [-0.25, -0.2) is 0 Å². The van der Waals surface area contributed by atoms with Gasteiger partial charge >= 0.3 is 0 Å². The van der Waals surface area contributed by atoms with Crippen LogP contribution >= 0.6 is 0 Å². The van der Waals surface area contributed by atoms with Crippen LogP contribution in [0.15, 0.2) is 36.4 Å². The second kappa shape index (κ2) is 21.5. The Bertz CT molecular complexity index is 740. The van der Waals surface area contributed by atoms with Crippen LogP contribution in [0.3, 0.4) is 0 Å². The third-order valence-corrected chi connectivity index (χ3v) is 5.60. The topological polar surface area (TPSA) is 30.5 Å². The summed E-state index contributed by atoms with van der Waals surface area (Å²) in [5, 5.41) is 3.60. The van der Waals surface area contributed by atoms with E-state index < -0.39 is 0 Å². The van der Waals surface area contributed by atoms with Crippen LogP contribution in [0.5, 0.6) is 11.5 Å². The van der Waals surface area contributed by atoms with Crippen molar-refractivity contribution in [3.63, 3.8) is 0 Å². The second-order valence-electron chi connectivity index (χ2n) is 8.03. The molecule has 0 aliphatic heterocycles. The van der Waals surface area contributed by atoms with Gasteiger partial charge in [0.25, 0.3) is 0 Å². The fraction of sp³-hybridized carbons (Fsp3) is 0.613. The summed E-state index contributed by atoms with van der Waals surface area (Å²) in [5.41, 5.74) is 5.10. The fourth-order valence-electron chi connectivity index (χ4n) is 3.78. The number of rotatable bonds is 11. The van der Waals surface area contributed by atoms with E-state index in [9.17, 15) is 0 Å². The lowest BCUT2D eigenvalue weighted by Crippen LogP contribution is -2.19. The minimum atomic E-state index is 0.567. The highest BCUT2D eigenvalue weighted by atomic mass is 16.5. The van der Waals surface area contributed by atoms with E-state index in [1.54, 1.807) is 14.2 Å². The van der Waals surface area contributed by atoms with Crippen molar-refractivity contribution in [1.82, 2.24) is 5.32 Å². The quantitative estimate of drug-likeness (QED) is 0.331. The highest BCUT2D eigenvalue weighted by Crippen LogP contribution is 2.32. The predicted molar refractivity (Wildman–Crippen MR) is 153 cm³/mol. The van der Waals surface area contributed by atoms with Gasteiger partial charge in [-0.2, -0.15) is 0 Å². The van der Waals surface area contributed by atoms with Gasteiger partial charge in [0.15, 0.2) is 0 Å². The van der Waals surface area contributed by atoms with Crippen molar-refractivity contribution < 1.29 is 9.47 Å². The average molecular weight is 474 g/mol. The summed E-state index contributed by atoms with van der Waals surface area (Å²) >= 11 is 0. The van der Waals surface area contributed by atoms with Crippen LogP contribution in [0, 0.1) is 19.8 Å². The van der Waals surface area contributed by atoms with E-state index in [4.69, 9.17) is 9.47 Å². The lowest BCUT2D eigenvalue weighted by atomic mass is 9.84. The van der Waals surface area contributed by atoms with E-state index >= 15 is 0 Å². The maximum atomic E-state index is 5.52. The smallest absolute Gasteiger partial charge is 0.122 e. The molecular weight excluding hydrogens is 418 g/mol. The molecule has 0 spiro atoms. The Kier molecular flexibility index (Phi) is 21.6. The van der Waals surface area contributed by atoms with Crippen molar-refractivity contribution >= 4 is 0 Å². The number of nitrogens with one attached hydrogen (secondary N) is 1. The van der Waals surface area contributed by atoms with Gasteiger partial charge < -0.3 is 14.8 Å². The van der Waals surface area contributed by atoms with Gasteiger partial charge in [-0.1, -0.05) is 79.7 Å². The van der Waals surface area contributed by atoms with Gasteiger partial charge in [0, 0.05) is 0 Å². The Morgan fingerprint density at radius 3 is 1.79 bits per heavy atom. The van der Waals surface area contributed by atoms with Crippen LogP contribution in [-0.4, -0.2) is 27.3 Å². The summed E-state index contributed by atoms with van der Waals surface area (Å²) in [7, 11) is 3.49. The third-order valence-electron chi connectivity index (χ3n) is 5.60. The molecular formula is C31H55NO2. The first-order valence-corrected chi connectivity index (χ1v) is 13.4. The first-order chi connectivity index (χ1) is 16.5. The summed E-state index contributed by atoms with van der Waals surface area (Å²) in [6, 6.07) is 13.1. The summed E-state index contributed by atoms with van der Waals surface area (Å²) in [6.45, 7) is 22.9. The van der Waals surface area contributed by atoms with Gasteiger partial charge in [0.2, 0.25) is 0 Å². The van der Waals surface area contributed by atoms with Crippen molar-refractivity contribution in [2.75, 3.05) is 27.3 Å². The average Bonchev–Trinajstić information content (AvgIpc) is 2.88. The SMILES string of the molecule is CC.CC.CC.COc1cc(CCNCCCC(c2ccc(C)c(OC)c2)C(C)C)ccc1C. The molecule has 0 amide bonds.